The molecule has 6 nitrogen and oxygen atoms in total. The number of rotatable bonds is 31. The molecule has 2 atom stereocenters. The fourth-order valence-electron chi connectivity index (χ4n) is 5.15. The summed E-state index contributed by atoms with van der Waals surface area (Å²) in [5.74, 6) is -0.911. The van der Waals surface area contributed by atoms with Crippen LogP contribution < -0.4 is 5.32 Å². The van der Waals surface area contributed by atoms with Gasteiger partial charge in [-0.05, 0) is 51.4 Å². The second-order valence-electron chi connectivity index (χ2n) is 12.1. The topological polar surface area (TPSA) is 104 Å². The van der Waals surface area contributed by atoms with Crippen molar-refractivity contribution < 1.29 is 22.9 Å². The van der Waals surface area contributed by atoms with Crippen LogP contribution in [0.1, 0.15) is 162 Å². The molecule has 7 heteroatoms. The predicted molar refractivity (Wildman–Crippen MR) is 188 cm³/mol. The van der Waals surface area contributed by atoms with Gasteiger partial charge in [0, 0.05) is 6.42 Å². The van der Waals surface area contributed by atoms with Crippen molar-refractivity contribution in [1.29, 1.82) is 0 Å². The van der Waals surface area contributed by atoms with Gasteiger partial charge < -0.3 is 10.4 Å². The van der Waals surface area contributed by atoms with Gasteiger partial charge in [0.15, 0.2) is 0 Å². The summed E-state index contributed by atoms with van der Waals surface area (Å²) >= 11 is 0. The van der Waals surface area contributed by atoms with Crippen LogP contribution in [0.15, 0.2) is 48.6 Å². The Morgan fingerprint density at radius 1 is 0.636 bits per heavy atom. The molecule has 0 spiro atoms. The van der Waals surface area contributed by atoms with Crippen LogP contribution in [0, 0.1) is 0 Å². The lowest BCUT2D eigenvalue weighted by molar-refractivity contribution is -0.122. The number of carbonyl (C=O) groups is 1. The van der Waals surface area contributed by atoms with E-state index in [1.807, 2.05) is 0 Å². The molecule has 44 heavy (non-hydrogen) atoms. The summed E-state index contributed by atoms with van der Waals surface area (Å²) < 4.78 is 32.1. The first-order chi connectivity index (χ1) is 21.3. The van der Waals surface area contributed by atoms with Crippen LogP contribution in [-0.2, 0) is 14.9 Å². The monoisotopic (exact) mass is 637 g/mol. The number of amides is 1. The maximum Gasteiger partial charge on any atom is 0.266 e. The van der Waals surface area contributed by atoms with Crippen molar-refractivity contribution >= 4 is 16.0 Å². The fourth-order valence-corrected chi connectivity index (χ4v) is 5.91. The van der Waals surface area contributed by atoms with Gasteiger partial charge in [0.25, 0.3) is 10.1 Å². The number of aliphatic hydroxyl groups excluding tert-OH is 1. The second-order valence-corrected chi connectivity index (χ2v) is 13.6. The largest absolute Gasteiger partial charge is 0.391 e. The Labute approximate surface area is 271 Å². The van der Waals surface area contributed by atoms with Crippen LogP contribution in [0.4, 0.5) is 0 Å². The minimum atomic E-state index is -4.30. The molecule has 0 saturated carbocycles. The molecule has 0 radical (unpaired) electrons. The van der Waals surface area contributed by atoms with E-state index in [0.717, 1.165) is 70.6 Å². The summed E-state index contributed by atoms with van der Waals surface area (Å²) in [5, 5.41) is 13.1. The van der Waals surface area contributed by atoms with Crippen molar-refractivity contribution in [3.63, 3.8) is 0 Å². The number of unbranched alkanes of at least 4 members (excludes halogenated alkanes) is 15. The molecule has 0 aromatic heterocycles. The standard InChI is InChI=1S/C37H67NO5S/c1-3-5-7-9-11-12-13-14-15-16-17-18-19-20-21-22-23-24-25-26-27-29-31-33-37(40)38-35(34-44(41,42)43)36(39)32-30-28-10-8-6-4-2/h5,7,11-12,14-15,17-18,35-36,39H,3-4,6,8-10,13,16,19-34H2,1-2H3,(H,38,40)(H,41,42,43)/b7-5-,12-11-,15-14-,18-17-. The molecule has 2 unspecified atom stereocenters. The number of hydrogen-bond acceptors (Lipinski definition) is 4. The Bertz CT molecular complexity index is 878. The Hall–Kier alpha value is -1.70. The van der Waals surface area contributed by atoms with Gasteiger partial charge >= 0.3 is 0 Å². The predicted octanol–water partition coefficient (Wildman–Crippen LogP) is 9.96. The number of nitrogens with one attached hydrogen (secondary N) is 1. The van der Waals surface area contributed by atoms with E-state index in [1.165, 1.54) is 64.2 Å². The molecule has 0 aliphatic rings. The highest BCUT2D eigenvalue weighted by molar-refractivity contribution is 7.85. The minimum Gasteiger partial charge on any atom is -0.391 e. The van der Waals surface area contributed by atoms with Gasteiger partial charge in [0.2, 0.25) is 5.91 Å². The molecule has 0 aromatic carbocycles. The van der Waals surface area contributed by atoms with Crippen LogP contribution in [0.3, 0.4) is 0 Å². The van der Waals surface area contributed by atoms with E-state index in [0.29, 0.717) is 12.8 Å². The maximum absolute atomic E-state index is 12.4. The Kier molecular flexibility index (Phi) is 30.1. The Morgan fingerprint density at radius 2 is 1.09 bits per heavy atom. The molecule has 0 aliphatic carbocycles. The van der Waals surface area contributed by atoms with Crippen LogP contribution in [0.5, 0.6) is 0 Å². The zero-order valence-corrected chi connectivity index (χ0v) is 29.1. The van der Waals surface area contributed by atoms with Gasteiger partial charge in [-0.15, -0.1) is 0 Å². The first-order valence-electron chi connectivity index (χ1n) is 17.8. The highest BCUT2D eigenvalue weighted by Gasteiger charge is 2.26. The van der Waals surface area contributed by atoms with Crippen molar-refractivity contribution in [3.05, 3.63) is 48.6 Å². The molecule has 0 bridgehead atoms. The summed E-state index contributed by atoms with van der Waals surface area (Å²) in [6, 6.07) is -0.970. The maximum atomic E-state index is 12.4. The molecule has 0 heterocycles. The van der Waals surface area contributed by atoms with E-state index >= 15 is 0 Å². The molecule has 0 saturated heterocycles. The van der Waals surface area contributed by atoms with E-state index in [2.05, 4.69) is 67.8 Å². The van der Waals surface area contributed by atoms with Gasteiger partial charge in [-0.1, -0.05) is 152 Å². The molecule has 0 aromatic rings. The smallest absolute Gasteiger partial charge is 0.266 e. The van der Waals surface area contributed by atoms with E-state index in [1.54, 1.807) is 0 Å². The number of carbonyl (C=O) groups excluding carboxylic acids is 1. The Balaban J connectivity index is 3.78. The minimum absolute atomic E-state index is 0.258. The van der Waals surface area contributed by atoms with Crippen LogP contribution >= 0.6 is 0 Å². The first-order valence-corrected chi connectivity index (χ1v) is 19.4. The highest BCUT2D eigenvalue weighted by Crippen LogP contribution is 2.14. The molecule has 0 aliphatic heterocycles. The summed E-state index contributed by atoms with van der Waals surface area (Å²) in [4.78, 5) is 12.4. The molecule has 0 fully saturated rings. The first kappa shape index (κ1) is 42.3. The number of aliphatic hydroxyl groups is 1. The molecular weight excluding hydrogens is 570 g/mol. The van der Waals surface area contributed by atoms with Crippen molar-refractivity contribution in [3.8, 4) is 0 Å². The van der Waals surface area contributed by atoms with Gasteiger partial charge in [0.05, 0.1) is 17.9 Å². The Morgan fingerprint density at radius 3 is 1.61 bits per heavy atom. The average molecular weight is 638 g/mol. The lowest BCUT2D eigenvalue weighted by atomic mass is 10.0. The van der Waals surface area contributed by atoms with Gasteiger partial charge in [0.1, 0.15) is 0 Å². The van der Waals surface area contributed by atoms with E-state index in [9.17, 15) is 22.9 Å². The van der Waals surface area contributed by atoms with Gasteiger partial charge in [-0.2, -0.15) is 8.42 Å². The van der Waals surface area contributed by atoms with E-state index < -0.39 is 28.0 Å². The zero-order valence-electron chi connectivity index (χ0n) is 28.3. The molecule has 256 valence electrons. The summed E-state index contributed by atoms with van der Waals surface area (Å²) in [7, 11) is -4.30. The van der Waals surface area contributed by atoms with Crippen LogP contribution in [0.2, 0.25) is 0 Å². The van der Waals surface area contributed by atoms with Crippen molar-refractivity contribution in [1.82, 2.24) is 5.32 Å². The van der Waals surface area contributed by atoms with Crippen molar-refractivity contribution in [2.75, 3.05) is 5.75 Å². The lowest BCUT2D eigenvalue weighted by Crippen LogP contribution is -2.47. The number of allylic oxidation sites excluding steroid dienone is 8. The van der Waals surface area contributed by atoms with Crippen LogP contribution in [0.25, 0.3) is 0 Å². The summed E-state index contributed by atoms with van der Waals surface area (Å²) in [5.41, 5.74) is 0. The third-order valence-corrected chi connectivity index (χ3v) is 8.58. The van der Waals surface area contributed by atoms with Gasteiger partial charge in [-0.3, -0.25) is 9.35 Å². The second kappa shape index (κ2) is 31.3. The van der Waals surface area contributed by atoms with E-state index in [4.69, 9.17) is 0 Å². The third kappa shape index (κ3) is 31.7. The lowest BCUT2D eigenvalue weighted by Gasteiger charge is -2.23. The summed E-state index contributed by atoms with van der Waals surface area (Å²) in [6.07, 6.45) is 40.9. The highest BCUT2D eigenvalue weighted by atomic mass is 32.2. The summed E-state index contributed by atoms with van der Waals surface area (Å²) in [6.45, 7) is 4.31. The van der Waals surface area contributed by atoms with Crippen molar-refractivity contribution in [2.45, 2.75) is 174 Å². The number of hydrogen-bond donors (Lipinski definition) is 3. The molecule has 1 amide bonds. The van der Waals surface area contributed by atoms with E-state index in [-0.39, 0.29) is 5.91 Å². The van der Waals surface area contributed by atoms with Gasteiger partial charge in [-0.25, -0.2) is 0 Å². The normalized spacial score (nSPS) is 14.0. The molecular formula is C37H67NO5S. The SMILES string of the molecule is CC/C=C\C/C=C\C/C=C\C/C=C\CCCCCCCCCCCCC(=O)NC(CS(=O)(=O)O)C(O)CCCCCCCC. The molecule has 0 rings (SSSR count). The van der Waals surface area contributed by atoms with Crippen molar-refractivity contribution in [2.24, 2.45) is 0 Å². The van der Waals surface area contributed by atoms with Crippen LogP contribution in [-0.4, -0.2) is 41.9 Å². The fraction of sp³-hybridized carbons (Fsp3) is 0.757. The zero-order chi connectivity index (χ0) is 32.6. The molecule has 3 N–H and O–H groups in total. The average Bonchev–Trinajstić information content (AvgIpc) is 2.98. The third-order valence-electron chi connectivity index (χ3n) is 7.80. The quantitative estimate of drug-likeness (QED) is 0.0399.